The Labute approximate surface area is 89.2 Å². The largest absolute Gasteiger partial charge is 0.480 e. The van der Waals surface area contributed by atoms with Crippen molar-refractivity contribution >= 4 is 11.9 Å². The van der Waals surface area contributed by atoms with Gasteiger partial charge in [0.15, 0.2) is 5.41 Å². The van der Waals surface area contributed by atoms with E-state index in [4.69, 9.17) is 9.84 Å². The summed E-state index contributed by atoms with van der Waals surface area (Å²) in [5.41, 5.74) is -1.57. The van der Waals surface area contributed by atoms with Crippen molar-refractivity contribution in [3.63, 3.8) is 0 Å². The number of carbonyl (C=O) groups is 2. The van der Waals surface area contributed by atoms with Crippen LogP contribution in [0.3, 0.4) is 0 Å². The molecular formula is C11H16O4. The minimum absolute atomic E-state index is 0.0349. The molecule has 0 atom stereocenters. The fourth-order valence-corrected chi connectivity index (χ4v) is 1.27. The predicted octanol–water partition coefficient (Wildman–Crippen LogP) is 1.77. The van der Waals surface area contributed by atoms with E-state index in [1.165, 1.54) is 12.2 Å². The molecule has 0 bridgehead atoms. The molecule has 0 aromatic carbocycles. The van der Waals surface area contributed by atoms with E-state index in [9.17, 15) is 9.59 Å². The van der Waals surface area contributed by atoms with Gasteiger partial charge in [0.2, 0.25) is 0 Å². The quantitative estimate of drug-likeness (QED) is 0.397. The van der Waals surface area contributed by atoms with Gasteiger partial charge in [-0.25, -0.2) is 0 Å². The summed E-state index contributed by atoms with van der Waals surface area (Å²) in [6.45, 7) is 8.68. The summed E-state index contributed by atoms with van der Waals surface area (Å²) in [6, 6.07) is 0. The number of carboxylic acids is 1. The van der Waals surface area contributed by atoms with Crippen LogP contribution in [0.25, 0.3) is 0 Å². The Kier molecular flexibility index (Phi) is 5.37. The SMILES string of the molecule is C=CCC(CC=C)(C(=O)O)C(=O)OCC. The van der Waals surface area contributed by atoms with Crippen molar-refractivity contribution in [2.75, 3.05) is 6.61 Å². The highest BCUT2D eigenvalue weighted by atomic mass is 16.5. The van der Waals surface area contributed by atoms with Gasteiger partial charge in [0.1, 0.15) is 0 Å². The zero-order valence-corrected chi connectivity index (χ0v) is 8.86. The number of hydrogen-bond donors (Lipinski definition) is 1. The minimum Gasteiger partial charge on any atom is -0.480 e. The van der Waals surface area contributed by atoms with E-state index in [1.54, 1.807) is 6.92 Å². The number of esters is 1. The number of allylic oxidation sites excluding steroid dienone is 2. The highest BCUT2D eigenvalue weighted by Crippen LogP contribution is 2.30. The molecule has 15 heavy (non-hydrogen) atoms. The van der Waals surface area contributed by atoms with Crippen LogP contribution in [0, 0.1) is 5.41 Å². The number of rotatable bonds is 7. The van der Waals surface area contributed by atoms with Crippen molar-refractivity contribution in [1.29, 1.82) is 0 Å². The maximum absolute atomic E-state index is 11.6. The van der Waals surface area contributed by atoms with Crippen molar-refractivity contribution < 1.29 is 19.4 Å². The normalized spacial score (nSPS) is 10.5. The van der Waals surface area contributed by atoms with E-state index in [2.05, 4.69) is 13.2 Å². The fourth-order valence-electron chi connectivity index (χ4n) is 1.27. The first-order chi connectivity index (χ1) is 7.05. The standard InChI is InChI=1S/C11H16O4/c1-4-7-11(8-5-2,9(12)13)10(14)15-6-3/h4-5H,1-2,6-8H2,3H3,(H,12,13). The van der Waals surface area contributed by atoms with Gasteiger partial charge in [0, 0.05) is 0 Å². The maximum Gasteiger partial charge on any atom is 0.324 e. The van der Waals surface area contributed by atoms with Gasteiger partial charge < -0.3 is 9.84 Å². The maximum atomic E-state index is 11.6. The molecule has 0 amide bonds. The Morgan fingerprint density at radius 3 is 2.07 bits per heavy atom. The van der Waals surface area contributed by atoms with E-state index in [1.807, 2.05) is 0 Å². The third-order valence-electron chi connectivity index (χ3n) is 2.06. The summed E-state index contributed by atoms with van der Waals surface area (Å²) >= 11 is 0. The lowest BCUT2D eigenvalue weighted by Gasteiger charge is -2.24. The van der Waals surface area contributed by atoms with E-state index in [0.717, 1.165) is 0 Å². The average molecular weight is 212 g/mol. The Morgan fingerprint density at radius 2 is 1.80 bits per heavy atom. The lowest BCUT2D eigenvalue weighted by Crippen LogP contribution is -2.40. The topological polar surface area (TPSA) is 63.6 Å². The lowest BCUT2D eigenvalue weighted by molar-refractivity contribution is -0.168. The Morgan fingerprint density at radius 1 is 1.33 bits per heavy atom. The first-order valence-corrected chi connectivity index (χ1v) is 4.67. The molecule has 1 N–H and O–H groups in total. The third-order valence-corrected chi connectivity index (χ3v) is 2.06. The molecule has 0 unspecified atom stereocenters. The van der Waals surface area contributed by atoms with Crippen molar-refractivity contribution in [3.8, 4) is 0 Å². The summed E-state index contributed by atoms with van der Waals surface area (Å²) in [4.78, 5) is 22.7. The summed E-state index contributed by atoms with van der Waals surface area (Å²) in [5.74, 6) is -1.95. The van der Waals surface area contributed by atoms with Crippen LogP contribution in [0.15, 0.2) is 25.3 Å². The smallest absolute Gasteiger partial charge is 0.324 e. The molecule has 0 rings (SSSR count). The number of carboxylic acid groups (broad SMARTS) is 1. The van der Waals surface area contributed by atoms with Crippen LogP contribution in [-0.2, 0) is 14.3 Å². The van der Waals surface area contributed by atoms with Crippen LogP contribution in [0.1, 0.15) is 19.8 Å². The van der Waals surface area contributed by atoms with Gasteiger partial charge in [-0.05, 0) is 19.8 Å². The first kappa shape index (κ1) is 13.4. The van der Waals surface area contributed by atoms with Crippen LogP contribution in [-0.4, -0.2) is 23.7 Å². The summed E-state index contributed by atoms with van der Waals surface area (Å²) < 4.78 is 4.76. The van der Waals surface area contributed by atoms with Crippen LogP contribution >= 0.6 is 0 Å². The number of hydrogen-bond acceptors (Lipinski definition) is 3. The molecule has 4 nitrogen and oxygen atoms in total. The molecule has 0 radical (unpaired) electrons. The highest BCUT2D eigenvalue weighted by Gasteiger charge is 2.45. The van der Waals surface area contributed by atoms with E-state index < -0.39 is 17.4 Å². The van der Waals surface area contributed by atoms with Crippen LogP contribution in [0.5, 0.6) is 0 Å². The highest BCUT2D eigenvalue weighted by molar-refractivity contribution is 5.99. The molecule has 4 heteroatoms. The Balaban J connectivity index is 5.08. The van der Waals surface area contributed by atoms with Gasteiger partial charge in [-0.3, -0.25) is 9.59 Å². The molecule has 0 spiro atoms. The molecule has 0 aliphatic rings. The summed E-state index contributed by atoms with van der Waals surface area (Å²) in [6.07, 6.45) is 2.86. The lowest BCUT2D eigenvalue weighted by atomic mass is 9.81. The molecule has 0 saturated heterocycles. The predicted molar refractivity (Wildman–Crippen MR) is 56.3 cm³/mol. The van der Waals surface area contributed by atoms with Crippen molar-refractivity contribution in [1.82, 2.24) is 0 Å². The molecule has 0 saturated carbocycles. The molecule has 0 fully saturated rings. The molecule has 84 valence electrons. The molecule has 0 aliphatic carbocycles. The summed E-state index contributed by atoms with van der Waals surface area (Å²) in [7, 11) is 0. The van der Waals surface area contributed by atoms with E-state index >= 15 is 0 Å². The Hall–Kier alpha value is -1.58. The average Bonchev–Trinajstić information content (AvgIpc) is 2.17. The molecule has 0 aromatic rings. The van der Waals surface area contributed by atoms with Crippen LogP contribution in [0.2, 0.25) is 0 Å². The minimum atomic E-state index is -1.57. The monoisotopic (exact) mass is 212 g/mol. The number of ether oxygens (including phenoxy) is 1. The first-order valence-electron chi connectivity index (χ1n) is 4.67. The van der Waals surface area contributed by atoms with Crippen LogP contribution in [0.4, 0.5) is 0 Å². The van der Waals surface area contributed by atoms with Gasteiger partial charge in [-0.2, -0.15) is 0 Å². The molecule has 0 aliphatic heterocycles. The fraction of sp³-hybridized carbons (Fsp3) is 0.455. The van der Waals surface area contributed by atoms with Gasteiger partial charge in [0.25, 0.3) is 0 Å². The van der Waals surface area contributed by atoms with Crippen molar-refractivity contribution in [2.45, 2.75) is 19.8 Å². The zero-order chi connectivity index (χ0) is 11.9. The van der Waals surface area contributed by atoms with Gasteiger partial charge in [-0.1, -0.05) is 12.2 Å². The number of carbonyl (C=O) groups excluding carboxylic acids is 1. The molecular weight excluding hydrogens is 196 g/mol. The zero-order valence-electron chi connectivity index (χ0n) is 8.86. The van der Waals surface area contributed by atoms with Crippen molar-refractivity contribution in [2.24, 2.45) is 5.41 Å². The van der Waals surface area contributed by atoms with E-state index in [-0.39, 0.29) is 19.4 Å². The van der Waals surface area contributed by atoms with E-state index in [0.29, 0.717) is 0 Å². The second-order valence-corrected chi connectivity index (χ2v) is 3.09. The number of aliphatic carboxylic acids is 1. The second kappa shape index (κ2) is 6.01. The van der Waals surface area contributed by atoms with Gasteiger partial charge in [-0.15, -0.1) is 13.2 Å². The van der Waals surface area contributed by atoms with Gasteiger partial charge in [0.05, 0.1) is 6.61 Å². The molecule has 0 heterocycles. The Bertz CT molecular complexity index is 258. The molecule has 0 aromatic heterocycles. The summed E-state index contributed by atoms with van der Waals surface area (Å²) in [5, 5.41) is 9.09. The third kappa shape index (κ3) is 2.94. The van der Waals surface area contributed by atoms with Crippen molar-refractivity contribution in [3.05, 3.63) is 25.3 Å². The van der Waals surface area contributed by atoms with Crippen LogP contribution < -0.4 is 0 Å². The van der Waals surface area contributed by atoms with Gasteiger partial charge >= 0.3 is 11.9 Å². The second-order valence-electron chi connectivity index (χ2n) is 3.09.